The summed E-state index contributed by atoms with van der Waals surface area (Å²) in [5, 5.41) is 2.78. The molecule has 1 amide bonds. The number of hydrogen-bond acceptors (Lipinski definition) is 3. The summed E-state index contributed by atoms with van der Waals surface area (Å²) in [7, 11) is 0. The van der Waals surface area contributed by atoms with Crippen molar-refractivity contribution in [2.75, 3.05) is 18.5 Å². The fourth-order valence-corrected chi connectivity index (χ4v) is 1.52. The number of rotatable bonds is 6. The second-order valence-corrected chi connectivity index (χ2v) is 3.94. The Hall–Kier alpha value is -0.940. The third kappa shape index (κ3) is 4.72. The number of carbonyl (C=O) groups is 1. The zero-order valence-corrected chi connectivity index (χ0v) is 10.8. The maximum absolute atomic E-state index is 11.5. The molecule has 0 fully saturated rings. The molecule has 1 N–H and O–H groups in total. The molecule has 0 atom stereocenters. The average Bonchev–Trinajstić information content (AvgIpc) is 2.28. The van der Waals surface area contributed by atoms with Gasteiger partial charge in [0.05, 0.1) is 5.69 Å². The first-order chi connectivity index (χ1) is 7.74. The minimum Gasteiger partial charge on any atom is -0.382 e. The van der Waals surface area contributed by atoms with Crippen molar-refractivity contribution in [3.05, 3.63) is 22.9 Å². The van der Waals surface area contributed by atoms with Gasteiger partial charge in [0.2, 0.25) is 5.91 Å². The molecule has 1 rings (SSSR count). The number of nitrogens with zero attached hydrogens (tertiary/aromatic N) is 1. The molecule has 0 aliphatic heterocycles. The molecule has 0 saturated carbocycles. The highest BCUT2D eigenvalue weighted by Gasteiger charge is 2.05. The Morgan fingerprint density at radius 3 is 3.12 bits per heavy atom. The van der Waals surface area contributed by atoms with E-state index in [2.05, 4.69) is 26.2 Å². The molecule has 5 heteroatoms. The van der Waals surface area contributed by atoms with E-state index in [1.165, 1.54) is 0 Å². The highest BCUT2D eigenvalue weighted by Crippen LogP contribution is 2.18. The van der Waals surface area contributed by atoms with Crippen LogP contribution in [0.15, 0.2) is 22.9 Å². The van der Waals surface area contributed by atoms with E-state index in [9.17, 15) is 4.79 Å². The molecule has 0 aliphatic carbocycles. The second-order valence-electron chi connectivity index (χ2n) is 3.19. The first-order valence-electron chi connectivity index (χ1n) is 5.22. The van der Waals surface area contributed by atoms with Crippen LogP contribution in [0.25, 0.3) is 0 Å². The highest BCUT2D eigenvalue weighted by molar-refractivity contribution is 9.10. The van der Waals surface area contributed by atoms with Gasteiger partial charge in [0.15, 0.2) is 0 Å². The van der Waals surface area contributed by atoms with Crippen LogP contribution in [0, 0.1) is 0 Å². The van der Waals surface area contributed by atoms with Gasteiger partial charge in [0, 0.05) is 25.8 Å². The van der Waals surface area contributed by atoms with Crippen molar-refractivity contribution in [3.63, 3.8) is 0 Å². The molecule has 0 radical (unpaired) electrons. The van der Waals surface area contributed by atoms with E-state index in [0.29, 0.717) is 29.9 Å². The second kappa shape index (κ2) is 7.35. The van der Waals surface area contributed by atoms with Gasteiger partial charge in [-0.2, -0.15) is 0 Å². The summed E-state index contributed by atoms with van der Waals surface area (Å²) in [6, 6.07) is 3.58. The monoisotopic (exact) mass is 286 g/mol. The third-order valence-corrected chi connectivity index (χ3v) is 2.56. The molecule has 16 heavy (non-hydrogen) atoms. The zero-order valence-electron chi connectivity index (χ0n) is 9.20. The quantitative estimate of drug-likeness (QED) is 0.646. The first kappa shape index (κ1) is 13.1. The van der Waals surface area contributed by atoms with Crippen LogP contribution < -0.4 is 5.32 Å². The molecule has 0 unspecified atom stereocenters. The molecule has 88 valence electrons. The SMILES string of the molecule is CCOCCCC(=O)Nc1cccnc1Br. The maximum atomic E-state index is 11.5. The lowest BCUT2D eigenvalue weighted by Crippen LogP contribution is -2.12. The topological polar surface area (TPSA) is 51.2 Å². The summed E-state index contributed by atoms with van der Waals surface area (Å²) in [5.74, 6) is -0.0200. The molecule has 1 heterocycles. The van der Waals surface area contributed by atoms with E-state index in [-0.39, 0.29) is 5.91 Å². The van der Waals surface area contributed by atoms with Gasteiger partial charge in [-0.15, -0.1) is 0 Å². The number of pyridine rings is 1. The van der Waals surface area contributed by atoms with Crippen molar-refractivity contribution in [1.29, 1.82) is 0 Å². The minimum absolute atomic E-state index is 0.0200. The molecule has 0 aliphatic rings. The standard InChI is InChI=1S/C11H15BrN2O2/c1-2-16-8-4-6-10(15)14-9-5-3-7-13-11(9)12/h3,5,7H,2,4,6,8H2,1H3,(H,14,15). The van der Waals surface area contributed by atoms with Crippen LogP contribution in [0.5, 0.6) is 0 Å². The Kier molecular flexibility index (Phi) is 6.03. The molecule has 0 saturated heterocycles. The summed E-state index contributed by atoms with van der Waals surface area (Å²) in [6.45, 7) is 3.25. The van der Waals surface area contributed by atoms with Gasteiger partial charge in [-0.1, -0.05) is 0 Å². The van der Waals surface area contributed by atoms with Crippen molar-refractivity contribution >= 4 is 27.5 Å². The van der Waals surface area contributed by atoms with E-state index >= 15 is 0 Å². The summed E-state index contributed by atoms with van der Waals surface area (Å²) in [5.41, 5.74) is 0.698. The van der Waals surface area contributed by atoms with Crippen molar-refractivity contribution in [2.45, 2.75) is 19.8 Å². The smallest absolute Gasteiger partial charge is 0.224 e. The van der Waals surface area contributed by atoms with E-state index < -0.39 is 0 Å². The maximum Gasteiger partial charge on any atom is 0.224 e. The van der Waals surface area contributed by atoms with Gasteiger partial charge in [-0.25, -0.2) is 4.98 Å². The number of aromatic nitrogens is 1. The van der Waals surface area contributed by atoms with Gasteiger partial charge in [-0.05, 0) is 41.4 Å². The molecule has 1 aromatic rings. The molecule has 1 aromatic heterocycles. The Morgan fingerprint density at radius 1 is 1.62 bits per heavy atom. The van der Waals surface area contributed by atoms with Crippen LogP contribution in [0.2, 0.25) is 0 Å². The summed E-state index contributed by atoms with van der Waals surface area (Å²) >= 11 is 3.27. The number of anilines is 1. The van der Waals surface area contributed by atoms with Gasteiger partial charge in [0.25, 0.3) is 0 Å². The number of ether oxygens (including phenoxy) is 1. The van der Waals surface area contributed by atoms with Gasteiger partial charge >= 0.3 is 0 Å². The molecular formula is C11H15BrN2O2. The average molecular weight is 287 g/mol. The lowest BCUT2D eigenvalue weighted by atomic mass is 10.3. The molecule has 0 bridgehead atoms. The van der Waals surface area contributed by atoms with Crippen LogP contribution in [0.3, 0.4) is 0 Å². The molecule has 0 aromatic carbocycles. The van der Waals surface area contributed by atoms with E-state index in [1.807, 2.05) is 6.92 Å². The van der Waals surface area contributed by atoms with E-state index in [0.717, 1.165) is 6.42 Å². The predicted octanol–water partition coefficient (Wildman–Crippen LogP) is 2.60. The Morgan fingerprint density at radius 2 is 2.44 bits per heavy atom. The lowest BCUT2D eigenvalue weighted by Gasteiger charge is -2.06. The normalized spacial score (nSPS) is 10.1. The van der Waals surface area contributed by atoms with Crippen LogP contribution in [0.4, 0.5) is 5.69 Å². The number of halogens is 1. The van der Waals surface area contributed by atoms with Crippen molar-refractivity contribution in [3.8, 4) is 0 Å². The van der Waals surface area contributed by atoms with Crippen molar-refractivity contribution in [1.82, 2.24) is 4.98 Å². The lowest BCUT2D eigenvalue weighted by molar-refractivity contribution is -0.116. The van der Waals surface area contributed by atoms with Gasteiger partial charge < -0.3 is 10.1 Å². The minimum atomic E-state index is -0.0200. The van der Waals surface area contributed by atoms with Crippen molar-refractivity contribution < 1.29 is 9.53 Å². The zero-order chi connectivity index (χ0) is 11.8. The Bertz CT molecular complexity index is 345. The van der Waals surface area contributed by atoms with Crippen molar-refractivity contribution in [2.24, 2.45) is 0 Å². The van der Waals surface area contributed by atoms with E-state index in [4.69, 9.17) is 4.74 Å². The fraction of sp³-hybridized carbons (Fsp3) is 0.455. The predicted molar refractivity (Wildman–Crippen MR) is 66.3 cm³/mol. The largest absolute Gasteiger partial charge is 0.382 e. The number of carbonyl (C=O) groups excluding carboxylic acids is 1. The van der Waals surface area contributed by atoms with Crippen LogP contribution in [0.1, 0.15) is 19.8 Å². The van der Waals surface area contributed by atoms with Gasteiger partial charge in [0.1, 0.15) is 4.60 Å². The summed E-state index contributed by atoms with van der Waals surface area (Å²) < 4.78 is 5.80. The summed E-state index contributed by atoms with van der Waals surface area (Å²) in [6.07, 6.45) is 2.85. The number of nitrogens with one attached hydrogen (secondary N) is 1. The molecular weight excluding hydrogens is 272 g/mol. The number of amides is 1. The third-order valence-electron chi connectivity index (χ3n) is 1.93. The summed E-state index contributed by atoms with van der Waals surface area (Å²) in [4.78, 5) is 15.5. The van der Waals surface area contributed by atoms with Crippen LogP contribution in [-0.4, -0.2) is 24.1 Å². The first-order valence-corrected chi connectivity index (χ1v) is 6.01. The molecule has 4 nitrogen and oxygen atoms in total. The number of hydrogen-bond donors (Lipinski definition) is 1. The highest BCUT2D eigenvalue weighted by atomic mass is 79.9. The van der Waals surface area contributed by atoms with Gasteiger partial charge in [-0.3, -0.25) is 4.79 Å². The Balaban J connectivity index is 2.32. The fourth-order valence-electron chi connectivity index (χ4n) is 1.17. The molecule has 0 spiro atoms. The van der Waals surface area contributed by atoms with Crippen LogP contribution in [-0.2, 0) is 9.53 Å². The Labute approximate surface area is 104 Å². The van der Waals surface area contributed by atoms with E-state index in [1.54, 1.807) is 18.3 Å². The van der Waals surface area contributed by atoms with Crippen LogP contribution >= 0.6 is 15.9 Å².